The molecule has 1 rings (SSSR count). The standard InChI is InChI=1S/C12H18F2N2O/c1-12(2,7-17-15)8-5-6-9(13)10(14)11(8)16(3)4/h5-6H,7,15H2,1-4H3. The highest BCUT2D eigenvalue weighted by atomic mass is 19.2. The van der Waals surface area contributed by atoms with Crippen molar-refractivity contribution in [3.8, 4) is 0 Å². The van der Waals surface area contributed by atoms with E-state index in [2.05, 4.69) is 4.84 Å². The van der Waals surface area contributed by atoms with Crippen LogP contribution in [-0.2, 0) is 10.3 Å². The molecule has 0 atom stereocenters. The highest BCUT2D eigenvalue weighted by molar-refractivity contribution is 5.57. The van der Waals surface area contributed by atoms with Gasteiger partial charge in [0.2, 0.25) is 0 Å². The maximum Gasteiger partial charge on any atom is 0.182 e. The Morgan fingerprint density at radius 3 is 2.35 bits per heavy atom. The van der Waals surface area contributed by atoms with E-state index in [9.17, 15) is 8.78 Å². The van der Waals surface area contributed by atoms with Crippen LogP contribution in [0.4, 0.5) is 14.5 Å². The van der Waals surface area contributed by atoms with Gasteiger partial charge in [-0.1, -0.05) is 19.9 Å². The van der Waals surface area contributed by atoms with E-state index in [0.717, 1.165) is 6.07 Å². The van der Waals surface area contributed by atoms with Gasteiger partial charge in [0.25, 0.3) is 0 Å². The van der Waals surface area contributed by atoms with Gasteiger partial charge in [-0.25, -0.2) is 14.7 Å². The Morgan fingerprint density at radius 2 is 1.88 bits per heavy atom. The minimum absolute atomic E-state index is 0.221. The van der Waals surface area contributed by atoms with Gasteiger partial charge in [-0.3, -0.25) is 0 Å². The molecule has 0 aliphatic heterocycles. The Balaban J connectivity index is 3.38. The van der Waals surface area contributed by atoms with Gasteiger partial charge in [-0.15, -0.1) is 0 Å². The van der Waals surface area contributed by atoms with Crippen molar-refractivity contribution >= 4 is 5.69 Å². The van der Waals surface area contributed by atoms with Gasteiger partial charge in [0, 0.05) is 19.5 Å². The van der Waals surface area contributed by atoms with E-state index in [4.69, 9.17) is 5.90 Å². The summed E-state index contributed by atoms with van der Waals surface area (Å²) >= 11 is 0. The summed E-state index contributed by atoms with van der Waals surface area (Å²) in [6.45, 7) is 3.94. The van der Waals surface area contributed by atoms with E-state index in [1.165, 1.54) is 0 Å². The molecule has 1 aromatic rings. The highest BCUT2D eigenvalue weighted by Crippen LogP contribution is 2.34. The molecule has 96 valence electrons. The lowest BCUT2D eigenvalue weighted by molar-refractivity contribution is 0.0964. The fraction of sp³-hybridized carbons (Fsp3) is 0.500. The second kappa shape index (κ2) is 4.98. The molecule has 0 unspecified atom stereocenters. The summed E-state index contributed by atoms with van der Waals surface area (Å²) in [5, 5.41) is 0. The minimum atomic E-state index is -0.859. The predicted octanol–water partition coefficient (Wildman–Crippen LogP) is 2.20. The second-order valence-corrected chi connectivity index (χ2v) is 4.85. The number of nitrogens with two attached hydrogens (primary N) is 1. The van der Waals surface area contributed by atoms with Crippen molar-refractivity contribution in [2.45, 2.75) is 19.3 Å². The van der Waals surface area contributed by atoms with Crippen molar-refractivity contribution in [1.82, 2.24) is 0 Å². The number of hydrogen-bond acceptors (Lipinski definition) is 3. The lowest BCUT2D eigenvalue weighted by atomic mass is 9.84. The number of hydrogen-bond donors (Lipinski definition) is 1. The van der Waals surface area contributed by atoms with E-state index in [-0.39, 0.29) is 12.3 Å². The van der Waals surface area contributed by atoms with Crippen molar-refractivity contribution in [2.24, 2.45) is 5.90 Å². The smallest absolute Gasteiger partial charge is 0.182 e. The Hall–Kier alpha value is -1.20. The first kappa shape index (κ1) is 13.9. The maximum absolute atomic E-state index is 13.8. The summed E-state index contributed by atoms with van der Waals surface area (Å²) in [4.78, 5) is 6.18. The molecule has 0 heterocycles. The molecule has 0 saturated carbocycles. The van der Waals surface area contributed by atoms with Gasteiger partial charge in [0.1, 0.15) is 0 Å². The third kappa shape index (κ3) is 2.73. The summed E-state index contributed by atoms with van der Waals surface area (Å²) in [5.74, 6) is 3.36. The van der Waals surface area contributed by atoms with Gasteiger partial charge in [0.15, 0.2) is 11.6 Å². The maximum atomic E-state index is 13.8. The molecule has 2 N–H and O–H groups in total. The van der Waals surface area contributed by atoms with Crippen LogP contribution < -0.4 is 10.8 Å². The Morgan fingerprint density at radius 1 is 1.29 bits per heavy atom. The molecule has 3 nitrogen and oxygen atoms in total. The summed E-state index contributed by atoms with van der Waals surface area (Å²) in [6.07, 6.45) is 0. The SMILES string of the molecule is CN(C)c1c(C(C)(C)CON)ccc(F)c1F. The monoisotopic (exact) mass is 244 g/mol. The largest absolute Gasteiger partial charge is 0.375 e. The van der Waals surface area contributed by atoms with Crippen LogP contribution in [0.1, 0.15) is 19.4 Å². The fourth-order valence-electron chi connectivity index (χ4n) is 1.81. The molecule has 0 aliphatic rings. The molecule has 0 fully saturated rings. The molecular formula is C12H18F2N2O. The number of rotatable bonds is 4. The number of benzene rings is 1. The quantitative estimate of drug-likeness (QED) is 0.825. The summed E-state index contributed by atoms with van der Waals surface area (Å²) in [5.41, 5.74) is 0.391. The average Bonchev–Trinajstić information content (AvgIpc) is 2.20. The van der Waals surface area contributed by atoms with E-state index in [1.807, 2.05) is 13.8 Å². The number of anilines is 1. The number of halogens is 2. The Bertz CT molecular complexity index is 406. The zero-order valence-corrected chi connectivity index (χ0v) is 10.6. The first-order valence-corrected chi connectivity index (χ1v) is 5.28. The van der Waals surface area contributed by atoms with Crippen LogP contribution in [0.25, 0.3) is 0 Å². The van der Waals surface area contributed by atoms with Crippen LogP contribution >= 0.6 is 0 Å². The molecule has 17 heavy (non-hydrogen) atoms. The third-order valence-corrected chi connectivity index (χ3v) is 2.69. The Labute approximate surface area is 100 Å². The summed E-state index contributed by atoms with van der Waals surface area (Å²) in [7, 11) is 3.33. The second-order valence-electron chi connectivity index (χ2n) is 4.85. The van der Waals surface area contributed by atoms with Crippen LogP contribution in [0.2, 0.25) is 0 Å². The van der Waals surface area contributed by atoms with Gasteiger partial charge in [-0.2, -0.15) is 0 Å². The molecule has 0 spiro atoms. The van der Waals surface area contributed by atoms with Crippen molar-refractivity contribution in [3.05, 3.63) is 29.3 Å². The van der Waals surface area contributed by atoms with Gasteiger partial charge >= 0.3 is 0 Å². The van der Waals surface area contributed by atoms with Gasteiger partial charge in [0.05, 0.1) is 12.3 Å². The summed E-state index contributed by atoms with van der Waals surface area (Å²) < 4.78 is 27.0. The van der Waals surface area contributed by atoms with E-state index in [0.29, 0.717) is 5.56 Å². The first-order chi connectivity index (χ1) is 7.81. The molecule has 0 bridgehead atoms. The zero-order chi connectivity index (χ0) is 13.2. The molecule has 0 aromatic heterocycles. The van der Waals surface area contributed by atoms with Gasteiger partial charge in [-0.05, 0) is 11.6 Å². The Kier molecular flexibility index (Phi) is 4.06. The topological polar surface area (TPSA) is 38.5 Å². The van der Waals surface area contributed by atoms with Crippen LogP contribution in [0.5, 0.6) is 0 Å². The zero-order valence-electron chi connectivity index (χ0n) is 10.6. The molecule has 1 aromatic carbocycles. The molecule has 0 radical (unpaired) electrons. The van der Waals surface area contributed by atoms with Crippen molar-refractivity contribution in [3.63, 3.8) is 0 Å². The van der Waals surface area contributed by atoms with E-state index < -0.39 is 17.0 Å². The van der Waals surface area contributed by atoms with Crippen molar-refractivity contribution in [2.75, 3.05) is 25.6 Å². The van der Waals surface area contributed by atoms with Crippen molar-refractivity contribution in [1.29, 1.82) is 0 Å². The van der Waals surface area contributed by atoms with Crippen LogP contribution in [0.15, 0.2) is 12.1 Å². The molecule has 5 heteroatoms. The van der Waals surface area contributed by atoms with Crippen LogP contribution in [0.3, 0.4) is 0 Å². The van der Waals surface area contributed by atoms with Crippen molar-refractivity contribution < 1.29 is 13.6 Å². The average molecular weight is 244 g/mol. The lowest BCUT2D eigenvalue weighted by Gasteiger charge is -2.29. The molecule has 0 amide bonds. The fourth-order valence-corrected chi connectivity index (χ4v) is 1.81. The third-order valence-electron chi connectivity index (χ3n) is 2.69. The summed E-state index contributed by atoms with van der Waals surface area (Å²) in [6, 6.07) is 2.68. The highest BCUT2D eigenvalue weighted by Gasteiger charge is 2.28. The van der Waals surface area contributed by atoms with E-state index in [1.54, 1.807) is 25.1 Å². The molecular weight excluding hydrogens is 226 g/mol. The van der Waals surface area contributed by atoms with E-state index >= 15 is 0 Å². The number of nitrogens with zero attached hydrogens (tertiary/aromatic N) is 1. The lowest BCUT2D eigenvalue weighted by Crippen LogP contribution is -2.29. The normalized spacial score (nSPS) is 11.7. The van der Waals surface area contributed by atoms with Crippen LogP contribution in [-0.4, -0.2) is 20.7 Å². The molecule has 0 aliphatic carbocycles. The molecule has 0 saturated heterocycles. The first-order valence-electron chi connectivity index (χ1n) is 5.28. The predicted molar refractivity (Wildman–Crippen MR) is 63.9 cm³/mol. The van der Waals surface area contributed by atoms with Gasteiger partial charge < -0.3 is 9.74 Å². The van der Waals surface area contributed by atoms with Crippen LogP contribution in [0, 0.1) is 11.6 Å². The minimum Gasteiger partial charge on any atom is -0.375 e.